The number of ether oxygens (including phenoxy) is 1. The average Bonchev–Trinajstić information content (AvgIpc) is 2.93. The number of thioether (sulfide) groups is 1. The minimum atomic E-state index is 0.0490. The van der Waals surface area contributed by atoms with Crippen molar-refractivity contribution in [2.45, 2.75) is 31.2 Å². The normalized spacial score (nSPS) is 21.0. The summed E-state index contributed by atoms with van der Waals surface area (Å²) >= 11 is 1.28. The van der Waals surface area contributed by atoms with Gasteiger partial charge in [-0.05, 0) is 26.0 Å². The first-order chi connectivity index (χ1) is 11.5. The molecular formula is C15H20N6O2S. The summed E-state index contributed by atoms with van der Waals surface area (Å²) < 4.78 is 7.04. The number of pyridine rings is 1. The zero-order valence-electron chi connectivity index (χ0n) is 13.6. The predicted molar refractivity (Wildman–Crippen MR) is 90.7 cm³/mol. The Hall–Kier alpha value is -2.13. The molecule has 1 aliphatic rings. The number of hydrogen-bond donors (Lipinski definition) is 1. The topological polar surface area (TPSA) is 99.2 Å². The van der Waals surface area contributed by atoms with Crippen LogP contribution in [0.5, 0.6) is 0 Å². The first kappa shape index (κ1) is 16.7. The second-order valence-electron chi connectivity index (χ2n) is 5.76. The van der Waals surface area contributed by atoms with Gasteiger partial charge in [0.2, 0.25) is 11.1 Å². The molecule has 3 rings (SSSR count). The van der Waals surface area contributed by atoms with Crippen LogP contribution in [-0.4, -0.2) is 61.7 Å². The van der Waals surface area contributed by atoms with Gasteiger partial charge < -0.3 is 15.5 Å². The summed E-state index contributed by atoms with van der Waals surface area (Å²) in [5, 5.41) is 8.65. The van der Waals surface area contributed by atoms with E-state index in [0.29, 0.717) is 24.1 Å². The molecule has 2 aromatic heterocycles. The van der Waals surface area contributed by atoms with Crippen molar-refractivity contribution in [3.8, 4) is 11.4 Å². The number of amides is 1. The van der Waals surface area contributed by atoms with E-state index in [0.717, 1.165) is 5.56 Å². The summed E-state index contributed by atoms with van der Waals surface area (Å²) in [6.45, 7) is 5.17. The van der Waals surface area contributed by atoms with Crippen LogP contribution in [-0.2, 0) is 9.53 Å². The van der Waals surface area contributed by atoms with Crippen LogP contribution in [0.2, 0.25) is 0 Å². The molecule has 0 saturated carbocycles. The molecule has 2 N–H and O–H groups in total. The minimum absolute atomic E-state index is 0.0490. The summed E-state index contributed by atoms with van der Waals surface area (Å²) in [6, 6.07) is 3.66. The molecule has 2 aromatic rings. The van der Waals surface area contributed by atoms with Crippen LogP contribution in [0.15, 0.2) is 29.7 Å². The largest absolute Gasteiger partial charge is 0.372 e. The van der Waals surface area contributed by atoms with Gasteiger partial charge in [-0.25, -0.2) is 4.68 Å². The van der Waals surface area contributed by atoms with E-state index in [1.165, 1.54) is 16.4 Å². The number of carbonyl (C=O) groups excluding carboxylic acids is 1. The smallest absolute Gasteiger partial charge is 0.233 e. The fourth-order valence-corrected chi connectivity index (χ4v) is 3.43. The van der Waals surface area contributed by atoms with Gasteiger partial charge in [0.25, 0.3) is 0 Å². The van der Waals surface area contributed by atoms with E-state index in [1.54, 1.807) is 18.5 Å². The molecule has 0 bridgehead atoms. The Morgan fingerprint density at radius 2 is 2.12 bits per heavy atom. The number of hydrogen-bond acceptors (Lipinski definition) is 7. The second-order valence-corrected chi connectivity index (χ2v) is 6.71. The van der Waals surface area contributed by atoms with Gasteiger partial charge in [0, 0.05) is 31.0 Å². The third-order valence-corrected chi connectivity index (χ3v) is 4.61. The van der Waals surface area contributed by atoms with E-state index in [2.05, 4.69) is 15.2 Å². The van der Waals surface area contributed by atoms with Crippen LogP contribution in [0, 0.1) is 0 Å². The van der Waals surface area contributed by atoms with Crippen LogP contribution >= 0.6 is 11.8 Å². The Balaban J connectivity index is 1.63. The molecule has 8 nitrogen and oxygen atoms in total. The maximum Gasteiger partial charge on any atom is 0.233 e. The maximum absolute atomic E-state index is 12.4. The van der Waals surface area contributed by atoms with Gasteiger partial charge in [-0.2, -0.15) is 0 Å². The number of nitrogen functional groups attached to an aromatic ring is 1. The van der Waals surface area contributed by atoms with Gasteiger partial charge in [-0.15, -0.1) is 10.2 Å². The third kappa shape index (κ3) is 3.68. The first-order valence-electron chi connectivity index (χ1n) is 7.71. The van der Waals surface area contributed by atoms with E-state index in [9.17, 15) is 4.79 Å². The van der Waals surface area contributed by atoms with Gasteiger partial charge in [0.15, 0.2) is 5.82 Å². The molecule has 2 atom stereocenters. The molecule has 1 saturated heterocycles. The minimum Gasteiger partial charge on any atom is -0.372 e. The molecule has 1 amide bonds. The molecule has 128 valence electrons. The third-order valence-electron chi connectivity index (χ3n) is 3.68. The van der Waals surface area contributed by atoms with Crippen LogP contribution < -0.4 is 5.84 Å². The Morgan fingerprint density at radius 1 is 1.38 bits per heavy atom. The fraction of sp³-hybridized carbons (Fsp3) is 0.467. The summed E-state index contributed by atoms with van der Waals surface area (Å²) in [5.74, 6) is 6.88. The van der Waals surface area contributed by atoms with Crippen molar-refractivity contribution < 1.29 is 9.53 Å². The molecule has 1 fully saturated rings. The zero-order valence-corrected chi connectivity index (χ0v) is 14.4. The van der Waals surface area contributed by atoms with Crippen LogP contribution in [0.1, 0.15) is 13.8 Å². The summed E-state index contributed by atoms with van der Waals surface area (Å²) in [6.07, 6.45) is 3.46. The first-order valence-corrected chi connectivity index (χ1v) is 8.70. The van der Waals surface area contributed by atoms with Crippen molar-refractivity contribution in [2.75, 3.05) is 24.7 Å². The van der Waals surface area contributed by atoms with E-state index in [-0.39, 0.29) is 23.9 Å². The summed E-state index contributed by atoms with van der Waals surface area (Å²) in [4.78, 5) is 18.3. The summed E-state index contributed by atoms with van der Waals surface area (Å²) in [5.41, 5.74) is 0.779. The lowest BCUT2D eigenvalue weighted by Crippen LogP contribution is -2.48. The standard InChI is InChI=1S/C15H20N6O2S/c1-10-7-20(8-11(2)23-10)13(22)9-24-15-19-18-14(21(15)16)12-4-3-5-17-6-12/h3-6,10-11H,7-9,16H2,1-2H3/t10-,11-/m0/s1. The van der Waals surface area contributed by atoms with E-state index in [4.69, 9.17) is 10.6 Å². The highest BCUT2D eigenvalue weighted by Gasteiger charge is 2.26. The number of rotatable bonds is 4. The van der Waals surface area contributed by atoms with Crippen molar-refractivity contribution >= 4 is 17.7 Å². The Morgan fingerprint density at radius 3 is 2.79 bits per heavy atom. The van der Waals surface area contributed by atoms with Crippen LogP contribution in [0.25, 0.3) is 11.4 Å². The molecule has 0 unspecified atom stereocenters. The predicted octanol–water partition coefficient (Wildman–Crippen LogP) is 0.782. The average molecular weight is 348 g/mol. The second kappa shape index (κ2) is 7.18. The summed E-state index contributed by atoms with van der Waals surface area (Å²) in [7, 11) is 0. The molecule has 9 heteroatoms. The Bertz CT molecular complexity index is 697. The van der Waals surface area contributed by atoms with Crippen LogP contribution in [0.4, 0.5) is 0 Å². The maximum atomic E-state index is 12.4. The lowest BCUT2D eigenvalue weighted by atomic mass is 10.2. The highest BCUT2D eigenvalue weighted by molar-refractivity contribution is 7.99. The van der Waals surface area contributed by atoms with Crippen molar-refractivity contribution in [1.82, 2.24) is 24.8 Å². The molecule has 1 aliphatic heterocycles. The lowest BCUT2D eigenvalue weighted by molar-refractivity contribution is -0.140. The van der Waals surface area contributed by atoms with Gasteiger partial charge >= 0.3 is 0 Å². The number of nitrogens with zero attached hydrogens (tertiary/aromatic N) is 5. The van der Waals surface area contributed by atoms with Crippen LogP contribution in [0.3, 0.4) is 0 Å². The number of carbonyl (C=O) groups is 1. The quantitative estimate of drug-likeness (QED) is 0.644. The van der Waals surface area contributed by atoms with Gasteiger partial charge in [-0.1, -0.05) is 11.8 Å². The Kier molecular flexibility index (Phi) is 5.00. The molecule has 0 aromatic carbocycles. The Labute approximate surface area is 144 Å². The van der Waals surface area contributed by atoms with Crippen molar-refractivity contribution in [3.63, 3.8) is 0 Å². The highest BCUT2D eigenvalue weighted by Crippen LogP contribution is 2.21. The molecular weight excluding hydrogens is 328 g/mol. The lowest BCUT2D eigenvalue weighted by Gasteiger charge is -2.35. The fourth-order valence-electron chi connectivity index (χ4n) is 2.67. The molecule has 0 aliphatic carbocycles. The zero-order chi connectivity index (χ0) is 17.1. The van der Waals surface area contributed by atoms with E-state index >= 15 is 0 Å². The van der Waals surface area contributed by atoms with Gasteiger partial charge in [0.1, 0.15) is 0 Å². The molecule has 3 heterocycles. The van der Waals surface area contributed by atoms with Crippen molar-refractivity contribution in [2.24, 2.45) is 0 Å². The SMILES string of the molecule is C[C@H]1CN(C(=O)CSc2nnc(-c3cccnc3)n2N)C[C@H](C)O1. The number of aromatic nitrogens is 4. The van der Waals surface area contributed by atoms with E-state index in [1.807, 2.05) is 24.8 Å². The molecule has 24 heavy (non-hydrogen) atoms. The monoisotopic (exact) mass is 348 g/mol. The van der Waals surface area contributed by atoms with Crippen molar-refractivity contribution in [3.05, 3.63) is 24.5 Å². The molecule has 0 radical (unpaired) electrons. The number of nitrogens with two attached hydrogens (primary N) is 1. The highest BCUT2D eigenvalue weighted by atomic mass is 32.2. The van der Waals surface area contributed by atoms with Gasteiger partial charge in [0.05, 0.1) is 18.0 Å². The van der Waals surface area contributed by atoms with Gasteiger partial charge in [-0.3, -0.25) is 9.78 Å². The number of morpholine rings is 1. The van der Waals surface area contributed by atoms with Crippen molar-refractivity contribution in [1.29, 1.82) is 0 Å². The van der Waals surface area contributed by atoms with E-state index < -0.39 is 0 Å². The molecule has 0 spiro atoms.